The maximum Gasteiger partial charge on any atom is 0.194 e. The van der Waals surface area contributed by atoms with Crippen molar-refractivity contribution in [1.82, 2.24) is 20.0 Å². The summed E-state index contributed by atoms with van der Waals surface area (Å²) >= 11 is 0. The number of aliphatic imine (C=N–C) groups is 1. The Morgan fingerprint density at radius 3 is 2.16 bits per heavy atom. The van der Waals surface area contributed by atoms with E-state index in [4.69, 9.17) is 4.74 Å². The number of nitrogens with zero attached hydrogens (tertiary/aromatic N) is 4. The van der Waals surface area contributed by atoms with E-state index in [1.165, 1.54) is 16.7 Å². The Morgan fingerprint density at radius 1 is 0.806 bits per heavy atom. The number of rotatable bonds is 6. The molecule has 2 aromatic rings. The molecule has 2 aliphatic rings. The van der Waals surface area contributed by atoms with Crippen molar-refractivity contribution < 1.29 is 4.74 Å². The monoisotopic (exact) mass is 421 g/mol. The van der Waals surface area contributed by atoms with Crippen molar-refractivity contribution in [1.29, 1.82) is 0 Å². The van der Waals surface area contributed by atoms with E-state index in [-0.39, 0.29) is 0 Å². The number of piperazine rings is 1. The van der Waals surface area contributed by atoms with E-state index in [0.717, 1.165) is 78.1 Å². The van der Waals surface area contributed by atoms with Gasteiger partial charge in [0, 0.05) is 66.0 Å². The molecule has 0 aromatic heterocycles. The van der Waals surface area contributed by atoms with Gasteiger partial charge in [-0.3, -0.25) is 14.8 Å². The number of guanidine groups is 1. The van der Waals surface area contributed by atoms with Crippen molar-refractivity contribution in [2.45, 2.75) is 19.6 Å². The van der Waals surface area contributed by atoms with Gasteiger partial charge in [-0.1, -0.05) is 54.6 Å². The number of benzene rings is 2. The van der Waals surface area contributed by atoms with Crippen LogP contribution in [0, 0.1) is 0 Å². The SMILES string of the molecule is CN=C(NCc1ccccc1CN1CCOCC1)N1CCN(Cc2ccccc2)CC1. The number of ether oxygens (including phenoxy) is 1. The third-order valence-electron chi connectivity index (χ3n) is 6.19. The lowest BCUT2D eigenvalue weighted by molar-refractivity contribution is 0.0341. The highest BCUT2D eigenvalue weighted by molar-refractivity contribution is 5.80. The smallest absolute Gasteiger partial charge is 0.194 e. The van der Waals surface area contributed by atoms with Crippen molar-refractivity contribution in [3.8, 4) is 0 Å². The lowest BCUT2D eigenvalue weighted by Gasteiger charge is -2.36. The highest BCUT2D eigenvalue weighted by Gasteiger charge is 2.20. The van der Waals surface area contributed by atoms with Gasteiger partial charge < -0.3 is 15.0 Å². The molecule has 0 atom stereocenters. The highest BCUT2D eigenvalue weighted by Crippen LogP contribution is 2.14. The van der Waals surface area contributed by atoms with Gasteiger partial charge in [0.25, 0.3) is 0 Å². The van der Waals surface area contributed by atoms with Gasteiger partial charge in [0.15, 0.2) is 5.96 Å². The van der Waals surface area contributed by atoms with Gasteiger partial charge >= 0.3 is 0 Å². The van der Waals surface area contributed by atoms with E-state index in [2.05, 4.69) is 79.6 Å². The van der Waals surface area contributed by atoms with E-state index in [1.54, 1.807) is 0 Å². The zero-order valence-corrected chi connectivity index (χ0v) is 18.7. The third kappa shape index (κ3) is 6.29. The molecule has 0 spiro atoms. The zero-order chi connectivity index (χ0) is 21.3. The number of nitrogens with one attached hydrogen (secondary N) is 1. The Bertz CT molecular complexity index is 827. The molecule has 166 valence electrons. The Hall–Kier alpha value is -2.41. The van der Waals surface area contributed by atoms with Crippen LogP contribution in [0.4, 0.5) is 0 Å². The second-order valence-electron chi connectivity index (χ2n) is 8.31. The molecule has 0 radical (unpaired) electrons. The fourth-order valence-corrected chi connectivity index (χ4v) is 4.35. The Morgan fingerprint density at radius 2 is 1.45 bits per heavy atom. The van der Waals surface area contributed by atoms with Gasteiger partial charge in [-0.15, -0.1) is 0 Å². The third-order valence-corrected chi connectivity index (χ3v) is 6.19. The predicted molar refractivity (Wildman–Crippen MR) is 126 cm³/mol. The molecule has 0 amide bonds. The van der Waals surface area contributed by atoms with Gasteiger partial charge in [0.1, 0.15) is 0 Å². The van der Waals surface area contributed by atoms with Crippen LogP contribution in [0.3, 0.4) is 0 Å². The van der Waals surface area contributed by atoms with Crippen LogP contribution in [0.5, 0.6) is 0 Å². The summed E-state index contributed by atoms with van der Waals surface area (Å²) in [6.45, 7) is 10.6. The molecule has 0 saturated carbocycles. The lowest BCUT2D eigenvalue weighted by Crippen LogP contribution is -2.52. The van der Waals surface area contributed by atoms with Crippen LogP contribution in [-0.2, 0) is 24.4 Å². The molecule has 6 heteroatoms. The maximum atomic E-state index is 5.49. The molecule has 2 fully saturated rings. The minimum Gasteiger partial charge on any atom is -0.379 e. The summed E-state index contributed by atoms with van der Waals surface area (Å²) in [7, 11) is 1.89. The van der Waals surface area contributed by atoms with Crippen LogP contribution < -0.4 is 5.32 Å². The van der Waals surface area contributed by atoms with Crippen LogP contribution in [0.25, 0.3) is 0 Å². The molecule has 0 aliphatic carbocycles. The van der Waals surface area contributed by atoms with Gasteiger partial charge in [0.05, 0.1) is 13.2 Å². The Kier molecular flexibility index (Phi) is 7.93. The summed E-state index contributed by atoms with van der Waals surface area (Å²) in [6.07, 6.45) is 0. The first-order chi connectivity index (χ1) is 15.3. The summed E-state index contributed by atoms with van der Waals surface area (Å²) in [4.78, 5) is 11.9. The molecule has 2 aromatic carbocycles. The predicted octanol–water partition coefficient (Wildman–Crippen LogP) is 2.41. The molecule has 0 bridgehead atoms. The first-order valence-corrected chi connectivity index (χ1v) is 11.4. The fraction of sp³-hybridized carbons (Fsp3) is 0.480. The Balaban J connectivity index is 1.28. The van der Waals surface area contributed by atoms with E-state index in [9.17, 15) is 0 Å². The molecule has 4 rings (SSSR count). The standard InChI is InChI=1S/C25H35N5O/c1-26-25(30-13-11-28(12-14-30)20-22-7-3-2-4-8-22)27-19-23-9-5-6-10-24(23)21-29-15-17-31-18-16-29/h2-10H,11-21H2,1H3,(H,26,27). The summed E-state index contributed by atoms with van der Waals surface area (Å²) in [5.74, 6) is 1.00. The quantitative estimate of drug-likeness (QED) is 0.573. The van der Waals surface area contributed by atoms with Crippen LogP contribution >= 0.6 is 0 Å². The van der Waals surface area contributed by atoms with Crippen molar-refractivity contribution in [2.75, 3.05) is 59.5 Å². The summed E-state index contributed by atoms with van der Waals surface area (Å²) in [6, 6.07) is 19.5. The minimum absolute atomic E-state index is 0.803. The minimum atomic E-state index is 0.803. The molecule has 6 nitrogen and oxygen atoms in total. The second kappa shape index (κ2) is 11.3. The summed E-state index contributed by atoms with van der Waals surface area (Å²) < 4.78 is 5.49. The maximum absolute atomic E-state index is 5.49. The van der Waals surface area contributed by atoms with Crippen LogP contribution in [0.15, 0.2) is 59.6 Å². The lowest BCUT2D eigenvalue weighted by atomic mass is 10.1. The first-order valence-electron chi connectivity index (χ1n) is 11.4. The highest BCUT2D eigenvalue weighted by atomic mass is 16.5. The fourth-order valence-electron chi connectivity index (χ4n) is 4.35. The van der Waals surface area contributed by atoms with E-state index < -0.39 is 0 Å². The Labute approximate surface area is 186 Å². The molecule has 2 aliphatic heterocycles. The van der Waals surface area contributed by atoms with Crippen LogP contribution in [-0.4, -0.2) is 80.2 Å². The number of hydrogen-bond donors (Lipinski definition) is 1. The molecule has 2 heterocycles. The van der Waals surface area contributed by atoms with Crippen LogP contribution in [0.2, 0.25) is 0 Å². The first kappa shape index (κ1) is 21.8. The number of morpholine rings is 1. The van der Waals surface area contributed by atoms with Gasteiger partial charge in [-0.05, 0) is 16.7 Å². The molecule has 2 saturated heterocycles. The molecular weight excluding hydrogens is 386 g/mol. The van der Waals surface area contributed by atoms with Gasteiger partial charge in [-0.25, -0.2) is 0 Å². The van der Waals surface area contributed by atoms with Crippen LogP contribution in [0.1, 0.15) is 16.7 Å². The van der Waals surface area contributed by atoms with E-state index in [0.29, 0.717) is 0 Å². The van der Waals surface area contributed by atoms with E-state index >= 15 is 0 Å². The van der Waals surface area contributed by atoms with Crippen molar-refractivity contribution in [2.24, 2.45) is 4.99 Å². The molecule has 31 heavy (non-hydrogen) atoms. The van der Waals surface area contributed by atoms with Crippen molar-refractivity contribution in [3.05, 3.63) is 71.3 Å². The normalized spacial score (nSPS) is 18.9. The van der Waals surface area contributed by atoms with Crippen molar-refractivity contribution in [3.63, 3.8) is 0 Å². The average Bonchev–Trinajstić information content (AvgIpc) is 2.83. The van der Waals surface area contributed by atoms with Gasteiger partial charge in [-0.2, -0.15) is 0 Å². The topological polar surface area (TPSA) is 43.3 Å². The second-order valence-corrected chi connectivity index (χ2v) is 8.31. The largest absolute Gasteiger partial charge is 0.379 e. The molecule has 1 N–H and O–H groups in total. The molecular formula is C25H35N5O. The zero-order valence-electron chi connectivity index (χ0n) is 18.7. The van der Waals surface area contributed by atoms with Gasteiger partial charge in [0.2, 0.25) is 0 Å². The summed E-state index contributed by atoms with van der Waals surface area (Å²) in [5, 5.41) is 3.61. The van der Waals surface area contributed by atoms with Crippen molar-refractivity contribution >= 4 is 5.96 Å². The average molecular weight is 422 g/mol. The summed E-state index contributed by atoms with van der Waals surface area (Å²) in [5.41, 5.74) is 4.12. The number of hydrogen-bond acceptors (Lipinski definition) is 4. The molecule has 0 unspecified atom stereocenters. The van der Waals surface area contributed by atoms with E-state index in [1.807, 2.05) is 7.05 Å².